The number of carbonyl (C=O) groups excluding carboxylic acids is 1. The lowest BCUT2D eigenvalue weighted by Crippen LogP contribution is -2.51. The van der Waals surface area contributed by atoms with Crippen molar-refractivity contribution in [3.05, 3.63) is 65.7 Å². The normalized spacial score (nSPS) is 25.1. The van der Waals surface area contributed by atoms with Crippen LogP contribution in [0.2, 0.25) is 0 Å². The molecular weight excluding hydrogens is 286 g/mol. The first-order valence-electron chi connectivity index (χ1n) is 8.16. The Bertz CT molecular complexity index is 753. The van der Waals surface area contributed by atoms with Crippen LogP contribution in [0.4, 0.5) is 5.69 Å². The third-order valence-corrected chi connectivity index (χ3v) is 5.42. The molecule has 2 heterocycles. The van der Waals surface area contributed by atoms with E-state index in [1.165, 1.54) is 0 Å². The van der Waals surface area contributed by atoms with E-state index in [0.29, 0.717) is 13.2 Å². The van der Waals surface area contributed by atoms with E-state index in [9.17, 15) is 4.79 Å². The average Bonchev–Trinajstić information content (AvgIpc) is 3.00. The van der Waals surface area contributed by atoms with Crippen LogP contribution in [0.15, 0.2) is 54.6 Å². The lowest BCUT2D eigenvalue weighted by atomic mass is 9.69. The summed E-state index contributed by atoms with van der Waals surface area (Å²) >= 11 is 0. The number of hydrogen-bond donors (Lipinski definition) is 0. The molecule has 1 spiro atoms. The zero-order valence-electron chi connectivity index (χ0n) is 13.6. The van der Waals surface area contributed by atoms with Crippen molar-refractivity contribution in [3.63, 3.8) is 0 Å². The number of fused-ring (bicyclic) bond motifs is 2. The molecule has 0 aromatic heterocycles. The van der Waals surface area contributed by atoms with Gasteiger partial charge in [-0.2, -0.15) is 0 Å². The molecule has 1 fully saturated rings. The fraction of sp³-hybridized carbons (Fsp3) is 0.350. The molecule has 2 aromatic rings. The SMILES string of the molecule is CC1(C)OCCC12C(=O)N(Cc1ccccc1)c1ccccc12. The second-order valence-corrected chi connectivity index (χ2v) is 6.91. The number of hydrogen-bond acceptors (Lipinski definition) is 2. The highest BCUT2D eigenvalue weighted by Crippen LogP contribution is 2.54. The van der Waals surface area contributed by atoms with E-state index in [1.807, 2.05) is 49.1 Å². The molecule has 2 aromatic carbocycles. The van der Waals surface area contributed by atoms with Gasteiger partial charge in [-0.1, -0.05) is 48.5 Å². The lowest BCUT2D eigenvalue weighted by molar-refractivity contribution is -0.128. The van der Waals surface area contributed by atoms with Crippen LogP contribution in [-0.2, 0) is 21.5 Å². The molecular formula is C20H21NO2. The largest absolute Gasteiger partial charge is 0.374 e. The summed E-state index contributed by atoms with van der Waals surface area (Å²) in [5.74, 6) is 0.171. The van der Waals surface area contributed by atoms with Crippen molar-refractivity contribution in [2.75, 3.05) is 11.5 Å². The minimum atomic E-state index is -0.557. The summed E-state index contributed by atoms with van der Waals surface area (Å²) in [4.78, 5) is 15.4. The molecule has 0 radical (unpaired) electrons. The van der Waals surface area contributed by atoms with Gasteiger partial charge in [-0.3, -0.25) is 4.79 Å². The fourth-order valence-corrected chi connectivity index (χ4v) is 4.15. The average molecular weight is 307 g/mol. The van der Waals surface area contributed by atoms with Crippen LogP contribution >= 0.6 is 0 Å². The van der Waals surface area contributed by atoms with Crippen LogP contribution < -0.4 is 4.90 Å². The zero-order chi connectivity index (χ0) is 16.1. The molecule has 0 saturated carbocycles. The molecule has 3 heteroatoms. The second kappa shape index (κ2) is 4.93. The van der Waals surface area contributed by atoms with Crippen molar-refractivity contribution in [2.24, 2.45) is 0 Å². The maximum Gasteiger partial charge on any atom is 0.241 e. The number of anilines is 1. The third kappa shape index (κ3) is 1.89. The first-order valence-corrected chi connectivity index (χ1v) is 8.16. The highest BCUT2D eigenvalue weighted by Gasteiger charge is 2.62. The Labute approximate surface area is 136 Å². The van der Waals surface area contributed by atoms with E-state index < -0.39 is 11.0 Å². The number of nitrogens with zero attached hydrogens (tertiary/aromatic N) is 1. The number of ether oxygens (including phenoxy) is 1. The molecule has 2 aliphatic rings. The van der Waals surface area contributed by atoms with Gasteiger partial charge in [0, 0.05) is 12.3 Å². The van der Waals surface area contributed by atoms with E-state index in [4.69, 9.17) is 4.74 Å². The smallest absolute Gasteiger partial charge is 0.241 e. The monoisotopic (exact) mass is 307 g/mol. The molecule has 0 bridgehead atoms. The number of carbonyl (C=O) groups is 1. The van der Waals surface area contributed by atoms with Gasteiger partial charge in [-0.25, -0.2) is 0 Å². The fourth-order valence-electron chi connectivity index (χ4n) is 4.15. The van der Waals surface area contributed by atoms with Crippen molar-refractivity contribution in [2.45, 2.75) is 37.8 Å². The molecule has 1 atom stereocenters. The summed E-state index contributed by atoms with van der Waals surface area (Å²) in [5, 5.41) is 0. The first kappa shape index (κ1) is 14.5. The van der Waals surface area contributed by atoms with Gasteiger partial charge in [0.2, 0.25) is 5.91 Å². The third-order valence-electron chi connectivity index (χ3n) is 5.42. The summed E-state index contributed by atoms with van der Waals surface area (Å²) in [6.07, 6.45) is 0.751. The molecule has 2 aliphatic heterocycles. The molecule has 118 valence electrons. The number of benzene rings is 2. The Morgan fingerprint density at radius 3 is 2.43 bits per heavy atom. The molecule has 1 unspecified atom stereocenters. The maximum absolute atomic E-state index is 13.5. The number of amides is 1. The van der Waals surface area contributed by atoms with Gasteiger partial charge < -0.3 is 9.64 Å². The van der Waals surface area contributed by atoms with Gasteiger partial charge in [0.1, 0.15) is 5.41 Å². The van der Waals surface area contributed by atoms with Crippen molar-refractivity contribution in [1.29, 1.82) is 0 Å². The van der Waals surface area contributed by atoms with E-state index >= 15 is 0 Å². The highest BCUT2D eigenvalue weighted by atomic mass is 16.5. The first-order chi connectivity index (χ1) is 11.1. The van der Waals surface area contributed by atoms with Crippen LogP contribution in [0.3, 0.4) is 0 Å². The van der Waals surface area contributed by atoms with Crippen molar-refractivity contribution >= 4 is 11.6 Å². The molecule has 1 amide bonds. The Morgan fingerprint density at radius 1 is 1.04 bits per heavy atom. The van der Waals surface area contributed by atoms with E-state index in [1.54, 1.807) is 0 Å². The van der Waals surface area contributed by atoms with Gasteiger partial charge in [-0.15, -0.1) is 0 Å². The molecule has 0 N–H and O–H groups in total. The number of rotatable bonds is 2. The van der Waals surface area contributed by atoms with Crippen LogP contribution in [0.5, 0.6) is 0 Å². The molecule has 1 saturated heterocycles. The van der Waals surface area contributed by atoms with E-state index in [0.717, 1.165) is 23.2 Å². The van der Waals surface area contributed by atoms with Gasteiger partial charge in [-0.05, 0) is 37.5 Å². The quantitative estimate of drug-likeness (QED) is 0.847. The standard InChI is InChI=1S/C20H21NO2/c1-19(2)20(12-13-23-19)16-10-6-7-11-17(16)21(18(20)22)14-15-8-4-3-5-9-15/h3-11H,12-14H2,1-2H3. The van der Waals surface area contributed by atoms with E-state index in [-0.39, 0.29) is 5.91 Å². The van der Waals surface area contributed by atoms with Crippen molar-refractivity contribution < 1.29 is 9.53 Å². The van der Waals surface area contributed by atoms with Crippen LogP contribution in [0.25, 0.3) is 0 Å². The Morgan fingerprint density at radius 2 is 1.74 bits per heavy atom. The topological polar surface area (TPSA) is 29.5 Å². The maximum atomic E-state index is 13.5. The number of para-hydroxylation sites is 1. The Balaban J connectivity index is 1.83. The van der Waals surface area contributed by atoms with Crippen LogP contribution in [0.1, 0.15) is 31.4 Å². The molecule has 4 rings (SSSR count). The lowest BCUT2D eigenvalue weighted by Gasteiger charge is -2.35. The summed E-state index contributed by atoms with van der Waals surface area (Å²) in [6.45, 7) is 5.32. The molecule has 0 aliphatic carbocycles. The van der Waals surface area contributed by atoms with Gasteiger partial charge in [0.25, 0.3) is 0 Å². The van der Waals surface area contributed by atoms with Crippen molar-refractivity contribution in [3.8, 4) is 0 Å². The van der Waals surface area contributed by atoms with E-state index in [2.05, 4.69) is 24.3 Å². The van der Waals surface area contributed by atoms with Crippen molar-refractivity contribution in [1.82, 2.24) is 0 Å². The van der Waals surface area contributed by atoms with Gasteiger partial charge in [0.15, 0.2) is 0 Å². The zero-order valence-corrected chi connectivity index (χ0v) is 13.6. The second-order valence-electron chi connectivity index (χ2n) is 6.91. The van der Waals surface area contributed by atoms with Crippen LogP contribution in [-0.4, -0.2) is 18.1 Å². The highest BCUT2D eigenvalue weighted by molar-refractivity contribution is 6.09. The molecule has 23 heavy (non-hydrogen) atoms. The van der Waals surface area contributed by atoms with Gasteiger partial charge in [0.05, 0.1) is 12.1 Å². The minimum Gasteiger partial charge on any atom is -0.374 e. The summed E-state index contributed by atoms with van der Waals surface area (Å²) in [5.41, 5.74) is 2.25. The minimum absolute atomic E-state index is 0.171. The molecule has 3 nitrogen and oxygen atoms in total. The summed E-state index contributed by atoms with van der Waals surface area (Å²) in [6, 6.07) is 18.3. The Hall–Kier alpha value is -2.13. The predicted octanol–water partition coefficient (Wildman–Crippen LogP) is 3.67. The van der Waals surface area contributed by atoms with Gasteiger partial charge >= 0.3 is 0 Å². The summed E-state index contributed by atoms with van der Waals surface area (Å²) < 4.78 is 5.96. The predicted molar refractivity (Wildman–Crippen MR) is 90.4 cm³/mol. The Kier molecular flexibility index (Phi) is 3.10. The summed E-state index contributed by atoms with van der Waals surface area (Å²) in [7, 11) is 0. The van der Waals surface area contributed by atoms with Crippen LogP contribution in [0, 0.1) is 0 Å².